The summed E-state index contributed by atoms with van der Waals surface area (Å²) in [5.41, 5.74) is 0. The SMILES string of the molecule is CC/C=C/C/C=C/C/C=C/CCCCCCCCC(=O)OC(COCCC(C(=O)O)[N+](C)(C)C)COC(=O)CCCCCCCCC/C=C/CCCCCC. The minimum Gasteiger partial charge on any atom is -0.477 e. The van der Waals surface area contributed by atoms with Crippen molar-refractivity contribution in [3.8, 4) is 0 Å². The third-order valence-electron chi connectivity index (χ3n) is 9.71. The van der Waals surface area contributed by atoms with Gasteiger partial charge in [-0.2, -0.15) is 0 Å². The van der Waals surface area contributed by atoms with Crippen LogP contribution in [0.5, 0.6) is 0 Å². The molecule has 0 aliphatic heterocycles. The van der Waals surface area contributed by atoms with E-state index in [1.807, 2.05) is 21.1 Å². The molecule has 0 fully saturated rings. The van der Waals surface area contributed by atoms with Crippen LogP contribution in [-0.2, 0) is 28.6 Å². The van der Waals surface area contributed by atoms with Crippen molar-refractivity contribution in [3.05, 3.63) is 48.6 Å². The zero-order chi connectivity index (χ0) is 40.7. The van der Waals surface area contributed by atoms with Gasteiger partial charge in [-0.1, -0.05) is 140 Å². The molecule has 0 saturated heterocycles. The van der Waals surface area contributed by atoms with E-state index in [1.54, 1.807) is 0 Å². The number of unbranched alkanes of at least 4 members (excludes halogenated alkanes) is 17. The van der Waals surface area contributed by atoms with Crippen LogP contribution in [-0.4, -0.2) is 80.6 Å². The fourth-order valence-electron chi connectivity index (χ4n) is 6.28. The minimum absolute atomic E-state index is 0.0539. The molecule has 0 bridgehead atoms. The molecule has 318 valence electrons. The van der Waals surface area contributed by atoms with E-state index >= 15 is 0 Å². The number of aliphatic carboxylic acids is 1. The van der Waals surface area contributed by atoms with Gasteiger partial charge in [0.25, 0.3) is 0 Å². The van der Waals surface area contributed by atoms with Gasteiger partial charge in [0, 0.05) is 19.3 Å². The Bertz CT molecular complexity index is 1040. The lowest BCUT2D eigenvalue weighted by Crippen LogP contribution is -2.50. The highest BCUT2D eigenvalue weighted by Gasteiger charge is 2.31. The first-order valence-electron chi connectivity index (χ1n) is 22.2. The number of ether oxygens (including phenoxy) is 3. The van der Waals surface area contributed by atoms with Gasteiger partial charge in [0.05, 0.1) is 34.4 Å². The molecule has 55 heavy (non-hydrogen) atoms. The number of hydrogen-bond donors (Lipinski definition) is 1. The summed E-state index contributed by atoms with van der Waals surface area (Å²) in [6.07, 6.45) is 44.3. The highest BCUT2D eigenvalue weighted by atomic mass is 16.6. The van der Waals surface area contributed by atoms with E-state index < -0.39 is 18.1 Å². The zero-order valence-electron chi connectivity index (χ0n) is 36.1. The van der Waals surface area contributed by atoms with E-state index in [4.69, 9.17) is 14.2 Å². The number of allylic oxidation sites excluding steroid dienone is 8. The van der Waals surface area contributed by atoms with Crippen molar-refractivity contribution in [3.63, 3.8) is 0 Å². The van der Waals surface area contributed by atoms with E-state index in [-0.39, 0.29) is 36.2 Å². The molecule has 0 aromatic rings. The standard InChI is InChI=1S/C47H83NO7/c1-6-8-10-12-14-16-18-20-22-24-26-28-30-32-34-36-38-46(50)55-43(41-53-40-39-44(47(51)52)48(3,4)5)42-54-45(49)37-35-33-31-29-27-25-23-21-19-17-15-13-11-9-7-2/h8,10,14,16-17,19-20,22,43-44H,6-7,9,11-13,15,18,21,23-42H2,1-5H3/p+1/b10-8+,16-14+,19-17+,22-20+. The van der Waals surface area contributed by atoms with Gasteiger partial charge < -0.3 is 23.8 Å². The monoisotopic (exact) mass is 775 g/mol. The summed E-state index contributed by atoms with van der Waals surface area (Å²) in [6.45, 7) is 4.59. The fraction of sp³-hybridized carbons (Fsp3) is 0.766. The van der Waals surface area contributed by atoms with Crippen LogP contribution in [0.2, 0.25) is 0 Å². The predicted octanol–water partition coefficient (Wildman–Crippen LogP) is 12.0. The zero-order valence-corrected chi connectivity index (χ0v) is 36.1. The van der Waals surface area contributed by atoms with Crippen LogP contribution >= 0.6 is 0 Å². The molecule has 0 rings (SSSR count). The van der Waals surface area contributed by atoms with Gasteiger partial charge in [0.15, 0.2) is 12.1 Å². The number of carbonyl (C=O) groups is 3. The quantitative estimate of drug-likeness (QED) is 0.0287. The van der Waals surface area contributed by atoms with Gasteiger partial charge in [-0.3, -0.25) is 9.59 Å². The Kier molecular flexibility index (Phi) is 36.3. The van der Waals surface area contributed by atoms with Crippen LogP contribution in [0.3, 0.4) is 0 Å². The highest BCUT2D eigenvalue weighted by molar-refractivity contribution is 5.72. The lowest BCUT2D eigenvalue weighted by Gasteiger charge is -2.31. The van der Waals surface area contributed by atoms with Crippen molar-refractivity contribution in [2.24, 2.45) is 0 Å². The fourth-order valence-corrected chi connectivity index (χ4v) is 6.28. The number of nitrogens with zero attached hydrogens (tertiary/aromatic N) is 1. The number of hydrogen-bond acceptors (Lipinski definition) is 6. The van der Waals surface area contributed by atoms with Crippen LogP contribution in [0.4, 0.5) is 0 Å². The Balaban J connectivity index is 4.37. The number of quaternary nitrogens is 1. The molecule has 2 unspecified atom stereocenters. The normalized spacial score (nSPS) is 13.4. The predicted molar refractivity (Wildman–Crippen MR) is 229 cm³/mol. The van der Waals surface area contributed by atoms with Crippen molar-refractivity contribution in [1.82, 2.24) is 0 Å². The summed E-state index contributed by atoms with van der Waals surface area (Å²) in [5.74, 6) is -1.49. The first-order valence-corrected chi connectivity index (χ1v) is 22.2. The molecule has 2 atom stereocenters. The van der Waals surface area contributed by atoms with Crippen molar-refractivity contribution in [2.45, 2.75) is 193 Å². The molecule has 0 aliphatic rings. The molecule has 0 saturated carbocycles. The summed E-state index contributed by atoms with van der Waals surface area (Å²) in [5, 5.41) is 9.62. The second-order valence-electron chi connectivity index (χ2n) is 15.9. The van der Waals surface area contributed by atoms with E-state index in [9.17, 15) is 19.5 Å². The van der Waals surface area contributed by atoms with Crippen molar-refractivity contribution < 1.29 is 38.2 Å². The van der Waals surface area contributed by atoms with Crippen LogP contribution in [0.15, 0.2) is 48.6 Å². The van der Waals surface area contributed by atoms with Gasteiger partial charge in [-0.25, -0.2) is 4.79 Å². The summed E-state index contributed by atoms with van der Waals surface area (Å²) >= 11 is 0. The van der Waals surface area contributed by atoms with E-state index in [0.29, 0.717) is 19.3 Å². The number of likely N-dealkylation sites (N-methyl/N-ethyl adjacent to an activating group) is 1. The summed E-state index contributed by atoms with van der Waals surface area (Å²) in [7, 11) is 5.52. The summed E-state index contributed by atoms with van der Waals surface area (Å²) < 4.78 is 17.3. The van der Waals surface area contributed by atoms with E-state index in [1.165, 1.54) is 77.0 Å². The van der Waals surface area contributed by atoms with Crippen LogP contribution in [0, 0.1) is 0 Å². The van der Waals surface area contributed by atoms with E-state index in [2.05, 4.69) is 62.5 Å². The van der Waals surface area contributed by atoms with Crippen LogP contribution in [0.25, 0.3) is 0 Å². The first kappa shape index (κ1) is 52.3. The third kappa shape index (κ3) is 36.7. The van der Waals surface area contributed by atoms with Gasteiger partial charge in [-0.15, -0.1) is 0 Å². The molecule has 1 N–H and O–H groups in total. The number of esters is 2. The number of carboxylic acids is 1. The Morgan fingerprint density at radius 1 is 0.564 bits per heavy atom. The lowest BCUT2D eigenvalue weighted by molar-refractivity contribution is -0.887. The topological polar surface area (TPSA) is 99.1 Å². The van der Waals surface area contributed by atoms with Crippen molar-refractivity contribution >= 4 is 17.9 Å². The Morgan fingerprint density at radius 3 is 1.53 bits per heavy atom. The average Bonchev–Trinajstić information content (AvgIpc) is 3.14. The minimum atomic E-state index is -0.879. The maximum Gasteiger partial charge on any atom is 0.362 e. The molecule has 0 spiro atoms. The summed E-state index contributed by atoms with van der Waals surface area (Å²) in [6, 6.07) is -0.618. The highest BCUT2D eigenvalue weighted by Crippen LogP contribution is 2.14. The molecule has 0 amide bonds. The molecule has 0 aromatic heterocycles. The number of carbonyl (C=O) groups excluding carboxylic acids is 2. The lowest BCUT2D eigenvalue weighted by atomic mass is 10.1. The second-order valence-corrected chi connectivity index (χ2v) is 15.9. The molecule has 0 aliphatic carbocycles. The van der Waals surface area contributed by atoms with Crippen LogP contribution < -0.4 is 0 Å². The van der Waals surface area contributed by atoms with Crippen LogP contribution in [0.1, 0.15) is 181 Å². The molecule has 0 radical (unpaired) electrons. The van der Waals surface area contributed by atoms with Gasteiger partial charge in [0.2, 0.25) is 0 Å². The second kappa shape index (κ2) is 38.2. The van der Waals surface area contributed by atoms with Gasteiger partial charge >= 0.3 is 17.9 Å². The third-order valence-corrected chi connectivity index (χ3v) is 9.71. The molecule has 8 nitrogen and oxygen atoms in total. The first-order chi connectivity index (χ1) is 26.6. The molecule has 8 heteroatoms. The Hall–Kier alpha value is -2.71. The largest absolute Gasteiger partial charge is 0.477 e. The van der Waals surface area contributed by atoms with E-state index in [0.717, 1.165) is 70.6 Å². The molecular weight excluding hydrogens is 691 g/mol. The smallest absolute Gasteiger partial charge is 0.362 e. The van der Waals surface area contributed by atoms with Crippen molar-refractivity contribution in [1.29, 1.82) is 0 Å². The van der Waals surface area contributed by atoms with Gasteiger partial charge in [0.1, 0.15) is 6.61 Å². The molecule has 0 heterocycles. The van der Waals surface area contributed by atoms with Crippen molar-refractivity contribution in [2.75, 3.05) is 41.0 Å². The van der Waals surface area contributed by atoms with Gasteiger partial charge in [-0.05, 0) is 70.6 Å². The maximum atomic E-state index is 12.7. The molecular formula is C47H84NO7+. The summed E-state index contributed by atoms with van der Waals surface area (Å²) in [4.78, 5) is 37.0. The average molecular weight is 775 g/mol. The molecule has 0 aromatic carbocycles. The number of rotatable bonds is 39. The Morgan fingerprint density at radius 2 is 1.02 bits per heavy atom. The Labute approximate surface area is 337 Å². The number of carboxylic acid groups (broad SMARTS) is 1. The maximum absolute atomic E-state index is 12.7.